The predicted octanol–water partition coefficient (Wildman–Crippen LogP) is 1.78. The molecule has 0 radical (unpaired) electrons. The van der Waals surface area contributed by atoms with Crippen LogP contribution >= 0.6 is 0 Å². The second-order valence-corrected chi connectivity index (χ2v) is 2.36. The topological polar surface area (TPSA) is 78.4 Å². The molecule has 2 N–H and O–H groups in total. The molecule has 7 heteroatoms. The van der Waals surface area contributed by atoms with Crippen molar-refractivity contribution in [3.05, 3.63) is 28.3 Å². The van der Waals surface area contributed by atoms with Crippen molar-refractivity contribution in [3.8, 4) is 5.75 Å². The van der Waals surface area contributed by atoms with E-state index in [1.54, 1.807) is 0 Å². The molecule has 0 unspecified atom stereocenters. The van der Waals surface area contributed by atoms with Crippen molar-refractivity contribution in [2.24, 2.45) is 0 Å². The number of ether oxygens (including phenoxy) is 1. The molecule has 14 heavy (non-hydrogen) atoms. The van der Waals surface area contributed by atoms with E-state index < -0.39 is 17.3 Å². The number of alkyl halides is 2. The van der Waals surface area contributed by atoms with Crippen LogP contribution in [0.2, 0.25) is 0 Å². The van der Waals surface area contributed by atoms with Gasteiger partial charge in [-0.2, -0.15) is 8.78 Å². The maximum atomic E-state index is 11.8. The summed E-state index contributed by atoms with van der Waals surface area (Å²) in [5, 5.41) is 10.3. The Balaban J connectivity index is 3.02. The van der Waals surface area contributed by atoms with E-state index in [1.807, 2.05) is 0 Å². The van der Waals surface area contributed by atoms with Crippen LogP contribution in [0.15, 0.2) is 18.2 Å². The first-order chi connectivity index (χ1) is 6.50. The van der Waals surface area contributed by atoms with Crippen LogP contribution in [0.25, 0.3) is 0 Å². The minimum absolute atomic E-state index is 0.0732. The molecule has 0 spiro atoms. The Morgan fingerprint density at radius 2 is 2.14 bits per heavy atom. The number of hydrogen-bond acceptors (Lipinski definition) is 4. The van der Waals surface area contributed by atoms with Crippen LogP contribution in [-0.2, 0) is 0 Å². The Morgan fingerprint density at radius 3 is 2.64 bits per heavy atom. The molecule has 5 nitrogen and oxygen atoms in total. The van der Waals surface area contributed by atoms with Gasteiger partial charge in [-0.05, 0) is 6.07 Å². The van der Waals surface area contributed by atoms with Gasteiger partial charge in [0.25, 0.3) is 5.69 Å². The second-order valence-electron chi connectivity index (χ2n) is 2.36. The normalized spacial score (nSPS) is 10.2. The smallest absolute Gasteiger partial charge is 0.387 e. The zero-order valence-corrected chi connectivity index (χ0v) is 6.81. The van der Waals surface area contributed by atoms with E-state index in [0.29, 0.717) is 0 Å². The lowest BCUT2D eigenvalue weighted by Crippen LogP contribution is -2.04. The lowest BCUT2D eigenvalue weighted by molar-refractivity contribution is -0.385. The van der Waals surface area contributed by atoms with Gasteiger partial charge < -0.3 is 10.5 Å². The van der Waals surface area contributed by atoms with Gasteiger partial charge in [0.1, 0.15) is 0 Å². The molecule has 0 aliphatic carbocycles. The molecule has 1 aromatic rings. The van der Waals surface area contributed by atoms with E-state index in [4.69, 9.17) is 5.73 Å². The average Bonchev–Trinajstić information content (AvgIpc) is 2.07. The molecule has 0 saturated carbocycles. The van der Waals surface area contributed by atoms with Crippen molar-refractivity contribution in [2.75, 3.05) is 5.73 Å². The van der Waals surface area contributed by atoms with Gasteiger partial charge in [-0.1, -0.05) is 0 Å². The molecule has 0 bridgehead atoms. The number of nitrogen functional groups attached to an aromatic ring is 1. The van der Waals surface area contributed by atoms with Gasteiger partial charge in [0, 0.05) is 6.07 Å². The molecule has 0 atom stereocenters. The summed E-state index contributed by atoms with van der Waals surface area (Å²) < 4.78 is 27.5. The predicted molar refractivity (Wildman–Crippen MR) is 44.1 cm³/mol. The van der Waals surface area contributed by atoms with Crippen LogP contribution < -0.4 is 10.5 Å². The first kappa shape index (κ1) is 10.2. The summed E-state index contributed by atoms with van der Waals surface area (Å²) >= 11 is 0. The first-order valence-electron chi connectivity index (χ1n) is 3.49. The van der Waals surface area contributed by atoms with Gasteiger partial charge >= 0.3 is 6.61 Å². The average molecular weight is 204 g/mol. The van der Waals surface area contributed by atoms with Crippen molar-refractivity contribution < 1.29 is 18.4 Å². The summed E-state index contributed by atoms with van der Waals surface area (Å²) in [6.07, 6.45) is 0. The Bertz CT molecular complexity index is 357. The SMILES string of the molecule is Nc1ccc([N+](=O)[O-])cc1OC(F)F. The third kappa shape index (κ3) is 2.28. The van der Waals surface area contributed by atoms with Gasteiger partial charge in [-0.25, -0.2) is 0 Å². The van der Waals surface area contributed by atoms with Crippen LogP contribution in [0.4, 0.5) is 20.2 Å². The third-order valence-corrected chi connectivity index (χ3v) is 1.42. The van der Waals surface area contributed by atoms with Crippen molar-refractivity contribution in [2.45, 2.75) is 6.61 Å². The number of rotatable bonds is 3. The summed E-state index contributed by atoms with van der Waals surface area (Å²) in [5.74, 6) is -0.394. The van der Waals surface area contributed by atoms with E-state index >= 15 is 0 Å². The lowest BCUT2D eigenvalue weighted by atomic mass is 10.2. The summed E-state index contributed by atoms with van der Waals surface area (Å²) in [5.41, 5.74) is 4.83. The van der Waals surface area contributed by atoms with E-state index in [9.17, 15) is 18.9 Å². The number of hydrogen-bond donors (Lipinski definition) is 1. The highest BCUT2D eigenvalue weighted by molar-refractivity contribution is 5.57. The largest absolute Gasteiger partial charge is 0.432 e. The van der Waals surface area contributed by atoms with Gasteiger partial charge in [0.05, 0.1) is 16.7 Å². The third-order valence-electron chi connectivity index (χ3n) is 1.42. The lowest BCUT2D eigenvalue weighted by Gasteiger charge is -2.06. The highest BCUT2D eigenvalue weighted by Crippen LogP contribution is 2.27. The molecule has 0 aromatic heterocycles. The maximum Gasteiger partial charge on any atom is 0.387 e. The molecule has 1 rings (SSSR count). The fourth-order valence-electron chi connectivity index (χ4n) is 0.835. The zero-order chi connectivity index (χ0) is 10.7. The molecule has 0 aliphatic rings. The molecule has 0 amide bonds. The number of halogens is 2. The number of nitrogens with two attached hydrogens (primary N) is 1. The maximum absolute atomic E-state index is 11.8. The number of benzene rings is 1. The number of nitrogens with zero attached hydrogens (tertiary/aromatic N) is 1. The number of non-ortho nitro benzene ring substituents is 1. The van der Waals surface area contributed by atoms with E-state index in [0.717, 1.165) is 18.2 Å². The molecule has 76 valence electrons. The van der Waals surface area contributed by atoms with Crippen LogP contribution in [0, 0.1) is 10.1 Å². The summed E-state index contributed by atoms with van der Waals surface area (Å²) in [7, 11) is 0. The van der Waals surface area contributed by atoms with Gasteiger partial charge in [0.2, 0.25) is 0 Å². The van der Waals surface area contributed by atoms with E-state index in [1.165, 1.54) is 0 Å². The fourth-order valence-corrected chi connectivity index (χ4v) is 0.835. The summed E-state index contributed by atoms with van der Waals surface area (Å²) in [4.78, 5) is 9.55. The second kappa shape index (κ2) is 3.86. The molecular formula is C7H6F2N2O3. The van der Waals surface area contributed by atoms with Gasteiger partial charge in [0.15, 0.2) is 5.75 Å². The molecular weight excluding hydrogens is 198 g/mol. The highest BCUT2D eigenvalue weighted by Gasteiger charge is 2.13. The highest BCUT2D eigenvalue weighted by atomic mass is 19.3. The van der Waals surface area contributed by atoms with Crippen molar-refractivity contribution in [3.63, 3.8) is 0 Å². The Hall–Kier alpha value is -1.92. The monoisotopic (exact) mass is 204 g/mol. The minimum atomic E-state index is -3.06. The standard InChI is InChI=1S/C7H6F2N2O3/c8-7(9)14-6-3-4(11(12)13)1-2-5(6)10/h1-3,7H,10H2. The fraction of sp³-hybridized carbons (Fsp3) is 0.143. The van der Waals surface area contributed by atoms with Crippen LogP contribution in [0.1, 0.15) is 0 Å². The number of nitro groups is 1. The molecule has 0 aliphatic heterocycles. The number of nitro benzene ring substituents is 1. The van der Waals surface area contributed by atoms with Crippen molar-refractivity contribution in [1.82, 2.24) is 0 Å². The van der Waals surface area contributed by atoms with E-state index in [2.05, 4.69) is 4.74 Å². The minimum Gasteiger partial charge on any atom is -0.432 e. The summed E-state index contributed by atoms with van der Waals surface area (Å²) in [6.45, 7) is -3.06. The molecule has 0 saturated heterocycles. The summed E-state index contributed by atoms with van der Waals surface area (Å²) in [6, 6.07) is 3.09. The first-order valence-corrected chi connectivity index (χ1v) is 3.49. The van der Waals surface area contributed by atoms with Crippen LogP contribution in [0.5, 0.6) is 5.75 Å². The number of anilines is 1. The molecule has 0 fully saturated rings. The van der Waals surface area contributed by atoms with Crippen molar-refractivity contribution in [1.29, 1.82) is 0 Å². The van der Waals surface area contributed by atoms with Gasteiger partial charge in [-0.3, -0.25) is 10.1 Å². The van der Waals surface area contributed by atoms with Crippen LogP contribution in [0.3, 0.4) is 0 Å². The van der Waals surface area contributed by atoms with Crippen molar-refractivity contribution >= 4 is 11.4 Å². The van der Waals surface area contributed by atoms with E-state index in [-0.39, 0.29) is 11.4 Å². The Labute approximate surface area is 77.2 Å². The Kier molecular flexibility index (Phi) is 2.80. The zero-order valence-electron chi connectivity index (χ0n) is 6.81. The van der Waals surface area contributed by atoms with Crippen LogP contribution in [-0.4, -0.2) is 11.5 Å². The molecule has 1 aromatic carbocycles. The van der Waals surface area contributed by atoms with Gasteiger partial charge in [-0.15, -0.1) is 0 Å². The Morgan fingerprint density at radius 1 is 1.50 bits per heavy atom. The molecule has 0 heterocycles. The quantitative estimate of drug-likeness (QED) is 0.462.